The lowest BCUT2D eigenvalue weighted by atomic mass is 10.0. The zero-order valence-corrected chi connectivity index (χ0v) is 48.0. The van der Waals surface area contributed by atoms with Crippen LogP contribution in [0.25, 0.3) is 0 Å². The van der Waals surface area contributed by atoms with Crippen LogP contribution in [0.2, 0.25) is 0 Å². The molecule has 0 aliphatic carbocycles. The minimum Gasteiger partial charge on any atom is -0.462 e. The number of unbranched alkanes of at least 4 members (excludes halogenated alkanes) is 44. The average molecular weight is 1000 g/mol. The topological polar surface area (TPSA) is 78.9 Å². The molecular weight excluding hydrogens is 877 g/mol. The second-order valence-corrected chi connectivity index (χ2v) is 21.7. The van der Waals surface area contributed by atoms with Gasteiger partial charge >= 0.3 is 17.9 Å². The molecule has 0 aliphatic heterocycles. The first kappa shape index (κ1) is 68.9. The summed E-state index contributed by atoms with van der Waals surface area (Å²) in [5.74, 6) is -0.866. The van der Waals surface area contributed by atoms with Crippen LogP contribution in [-0.2, 0) is 28.6 Å². The maximum Gasteiger partial charge on any atom is 0.306 e. The van der Waals surface area contributed by atoms with Gasteiger partial charge in [-0.05, 0) is 51.4 Å². The van der Waals surface area contributed by atoms with Gasteiger partial charge in [0.2, 0.25) is 0 Å². The Morgan fingerprint density at radius 3 is 0.789 bits per heavy atom. The summed E-state index contributed by atoms with van der Waals surface area (Å²) < 4.78 is 16.9. The number of ether oxygens (including phenoxy) is 3. The molecule has 6 nitrogen and oxygen atoms in total. The highest BCUT2D eigenvalue weighted by Gasteiger charge is 2.19. The van der Waals surface area contributed by atoms with Gasteiger partial charge in [-0.3, -0.25) is 14.4 Å². The summed E-state index contributed by atoms with van der Waals surface area (Å²) in [4.78, 5) is 38.1. The predicted molar refractivity (Wildman–Crippen MR) is 307 cm³/mol. The van der Waals surface area contributed by atoms with Crippen LogP contribution in [0, 0.1) is 0 Å². The number of hydrogen-bond acceptors (Lipinski definition) is 6. The van der Waals surface area contributed by atoms with Gasteiger partial charge in [0.1, 0.15) is 13.2 Å². The number of carbonyl (C=O) groups is 3. The van der Waals surface area contributed by atoms with Crippen LogP contribution in [-0.4, -0.2) is 37.2 Å². The van der Waals surface area contributed by atoms with Crippen molar-refractivity contribution < 1.29 is 28.6 Å². The summed E-state index contributed by atoms with van der Waals surface area (Å²) in [6.07, 6.45) is 72.1. The third-order valence-corrected chi connectivity index (χ3v) is 14.5. The standard InChI is InChI=1S/C65H122O6/c1-4-7-10-13-16-19-21-23-25-27-28-29-30-31-32-33-34-35-36-37-38-40-41-43-46-49-52-55-58-64(67)70-61-62(60-69-63(66)57-54-51-48-45-18-15-12-9-6-3)71-65(68)59-56-53-50-47-44-42-39-26-24-22-20-17-14-11-8-5-2/h20,22,26,39,62H,4-19,21,23-25,27-38,40-61H2,1-3H3/b22-20-,39-26-. The lowest BCUT2D eigenvalue weighted by Crippen LogP contribution is -2.30. The Morgan fingerprint density at radius 1 is 0.282 bits per heavy atom. The van der Waals surface area contributed by atoms with Gasteiger partial charge in [0, 0.05) is 19.3 Å². The van der Waals surface area contributed by atoms with Gasteiger partial charge in [-0.1, -0.05) is 308 Å². The molecule has 0 aromatic heterocycles. The molecule has 0 heterocycles. The number of esters is 3. The summed E-state index contributed by atoms with van der Waals surface area (Å²) in [7, 11) is 0. The maximum atomic E-state index is 12.8. The number of rotatable bonds is 59. The minimum absolute atomic E-state index is 0.0717. The van der Waals surface area contributed by atoms with E-state index in [9.17, 15) is 14.4 Å². The van der Waals surface area contributed by atoms with Crippen molar-refractivity contribution in [1.82, 2.24) is 0 Å². The van der Waals surface area contributed by atoms with Gasteiger partial charge in [0.05, 0.1) is 0 Å². The third kappa shape index (κ3) is 58.7. The Labute approximate surface area is 443 Å². The van der Waals surface area contributed by atoms with E-state index in [0.717, 1.165) is 77.0 Å². The number of carbonyl (C=O) groups excluding carboxylic acids is 3. The van der Waals surface area contributed by atoms with E-state index in [2.05, 4.69) is 45.1 Å². The Kier molecular flexibility index (Phi) is 58.6. The van der Waals surface area contributed by atoms with Gasteiger partial charge < -0.3 is 14.2 Å². The zero-order chi connectivity index (χ0) is 51.4. The van der Waals surface area contributed by atoms with Crippen molar-refractivity contribution in [2.45, 2.75) is 361 Å². The highest BCUT2D eigenvalue weighted by Crippen LogP contribution is 2.18. The molecule has 0 saturated carbocycles. The molecule has 0 rings (SSSR count). The van der Waals surface area contributed by atoms with Gasteiger partial charge in [0.25, 0.3) is 0 Å². The summed E-state index contributed by atoms with van der Waals surface area (Å²) in [6.45, 7) is 6.65. The molecule has 0 spiro atoms. The van der Waals surface area contributed by atoms with E-state index in [1.807, 2.05) is 0 Å². The number of hydrogen-bond donors (Lipinski definition) is 0. The van der Waals surface area contributed by atoms with Gasteiger partial charge in [-0.15, -0.1) is 0 Å². The normalized spacial score (nSPS) is 12.1. The molecule has 0 aliphatic rings. The Morgan fingerprint density at radius 2 is 0.507 bits per heavy atom. The Hall–Kier alpha value is -2.11. The molecule has 0 amide bonds. The molecule has 0 N–H and O–H groups in total. The summed E-state index contributed by atoms with van der Waals surface area (Å²) in [5, 5.41) is 0. The molecule has 0 aromatic carbocycles. The molecule has 1 atom stereocenters. The van der Waals surface area contributed by atoms with Gasteiger partial charge in [-0.25, -0.2) is 0 Å². The van der Waals surface area contributed by atoms with Crippen LogP contribution in [0.15, 0.2) is 24.3 Å². The SMILES string of the molecule is CCCCCC/C=C\C/C=C\CCCCCCCC(=O)OC(COC(=O)CCCCCCCCCCC)COC(=O)CCCCCCCCCCCCCCCCCCCCCCCCCCCCCC. The van der Waals surface area contributed by atoms with E-state index in [4.69, 9.17) is 14.2 Å². The molecule has 0 fully saturated rings. The van der Waals surface area contributed by atoms with E-state index >= 15 is 0 Å². The number of allylic oxidation sites excluding steroid dienone is 4. The van der Waals surface area contributed by atoms with E-state index in [0.29, 0.717) is 19.3 Å². The van der Waals surface area contributed by atoms with Crippen molar-refractivity contribution in [2.24, 2.45) is 0 Å². The van der Waals surface area contributed by atoms with Crippen LogP contribution in [0.1, 0.15) is 355 Å². The zero-order valence-electron chi connectivity index (χ0n) is 48.0. The third-order valence-electron chi connectivity index (χ3n) is 14.5. The molecular formula is C65H122O6. The summed E-state index contributed by atoms with van der Waals surface area (Å²) >= 11 is 0. The van der Waals surface area contributed by atoms with Crippen molar-refractivity contribution >= 4 is 17.9 Å². The first-order chi connectivity index (χ1) is 35.0. The highest BCUT2D eigenvalue weighted by molar-refractivity contribution is 5.71. The van der Waals surface area contributed by atoms with E-state index < -0.39 is 6.10 Å². The Bertz CT molecular complexity index is 1150. The summed E-state index contributed by atoms with van der Waals surface area (Å²) in [6, 6.07) is 0. The fourth-order valence-corrected chi connectivity index (χ4v) is 9.65. The molecule has 418 valence electrons. The van der Waals surface area contributed by atoms with Crippen LogP contribution >= 0.6 is 0 Å². The summed E-state index contributed by atoms with van der Waals surface area (Å²) in [5.41, 5.74) is 0. The molecule has 0 radical (unpaired) electrons. The first-order valence-electron chi connectivity index (χ1n) is 31.8. The monoisotopic (exact) mass is 999 g/mol. The largest absolute Gasteiger partial charge is 0.462 e. The van der Waals surface area contributed by atoms with Gasteiger partial charge in [0.15, 0.2) is 6.10 Å². The lowest BCUT2D eigenvalue weighted by Gasteiger charge is -2.18. The predicted octanol–water partition coefficient (Wildman–Crippen LogP) is 21.4. The molecule has 0 saturated heterocycles. The van der Waals surface area contributed by atoms with Gasteiger partial charge in [-0.2, -0.15) is 0 Å². The average Bonchev–Trinajstić information content (AvgIpc) is 3.37. The van der Waals surface area contributed by atoms with Crippen molar-refractivity contribution in [2.75, 3.05) is 13.2 Å². The van der Waals surface area contributed by atoms with E-state index in [1.54, 1.807) is 0 Å². The smallest absolute Gasteiger partial charge is 0.306 e. The lowest BCUT2D eigenvalue weighted by molar-refractivity contribution is -0.167. The molecule has 0 bridgehead atoms. The second kappa shape index (κ2) is 60.4. The second-order valence-electron chi connectivity index (χ2n) is 21.7. The quantitative estimate of drug-likeness (QED) is 0.0261. The fourth-order valence-electron chi connectivity index (χ4n) is 9.65. The van der Waals surface area contributed by atoms with E-state index in [-0.39, 0.29) is 31.1 Å². The van der Waals surface area contributed by atoms with Crippen molar-refractivity contribution in [1.29, 1.82) is 0 Å². The molecule has 71 heavy (non-hydrogen) atoms. The van der Waals surface area contributed by atoms with Crippen LogP contribution in [0.3, 0.4) is 0 Å². The molecule has 0 aromatic rings. The first-order valence-corrected chi connectivity index (χ1v) is 31.8. The van der Waals surface area contributed by atoms with Crippen molar-refractivity contribution in [3.63, 3.8) is 0 Å². The fraction of sp³-hybridized carbons (Fsp3) is 0.892. The maximum absolute atomic E-state index is 12.8. The van der Waals surface area contributed by atoms with Crippen LogP contribution < -0.4 is 0 Å². The van der Waals surface area contributed by atoms with Crippen molar-refractivity contribution in [3.8, 4) is 0 Å². The van der Waals surface area contributed by atoms with Crippen LogP contribution in [0.4, 0.5) is 0 Å². The van der Waals surface area contributed by atoms with Crippen LogP contribution in [0.5, 0.6) is 0 Å². The highest BCUT2D eigenvalue weighted by atomic mass is 16.6. The minimum atomic E-state index is -0.773. The Balaban J connectivity index is 4.09. The molecule has 1 unspecified atom stereocenters. The van der Waals surface area contributed by atoms with E-state index in [1.165, 1.54) is 238 Å². The molecule has 6 heteroatoms. The van der Waals surface area contributed by atoms with Crippen molar-refractivity contribution in [3.05, 3.63) is 24.3 Å².